The highest BCUT2D eigenvalue weighted by atomic mass is 35.5. The Morgan fingerprint density at radius 1 is 1.67 bits per heavy atom. The van der Waals surface area contributed by atoms with E-state index in [1.807, 2.05) is 5.40 Å². The van der Waals surface area contributed by atoms with Gasteiger partial charge in [-0.3, -0.25) is 0 Å². The van der Waals surface area contributed by atoms with Crippen molar-refractivity contribution in [3.8, 4) is 5.40 Å². The zero-order valence-corrected chi connectivity index (χ0v) is 9.35. The lowest BCUT2D eigenvalue weighted by Gasteiger charge is -2.08. The highest BCUT2D eigenvalue weighted by molar-refractivity contribution is 8.03. The largest absolute Gasteiger partial charge is 0.465 e. The predicted octanol–water partition coefficient (Wildman–Crippen LogP) is 2.28. The molecule has 1 rings (SSSR count). The fraction of sp³-hybridized carbons (Fsp3) is 0.111. The van der Waals surface area contributed by atoms with E-state index in [1.165, 1.54) is 13.2 Å². The second kappa shape index (κ2) is 4.91. The van der Waals surface area contributed by atoms with E-state index < -0.39 is 5.97 Å². The van der Waals surface area contributed by atoms with Crippen LogP contribution in [0.4, 0.5) is 5.69 Å². The average Bonchev–Trinajstić information content (AvgIpc) is 2.23. The number of ether oxygens (including phenoxy) is 1. The van der Waals surface area contributed by atoms with Crippen LogP contribution in [0, 0.1) is 10.7 Å². The molecule has 2 N–H and O–H groups in total. The van der Waals surface area contributed by atoms with Gasteiger partial charge in [-0.1, -0.05) is 11.6 Å². The Labute approximate surface area is 96.0 Å². The smallest absolute Gasteiger partial charge is 0.340 e. The quantitative estimate of drug-likeness (QED) is 0.373. The van der Waals surface area contributed by atoms with Gasteiger partial charge in [0.1, 0.15) is 5.40 Å². The van der Waals surface area contributed by atoms with Gasteiger partial charge in [0.05, 0.1) is 23.4 Å². The maximum atomic E-state index is 11.4. The van der Waals surface area contributed by atoms with E-state index in [1.54, 1.807) is 6.07 Å². The second-order valence-electron chi connectivity index (χ2n) is 2.53. The molecule has 0 heterocycles. The molecule has 0 unspecified atom stereocenters. The highest BCUT2D eigenvalue weighted by Crippen LogP contribution is 2.32. The van der Waals surface area contributed by atoms with Crippen LogP contribution in [0.2, 0.25) is 5.02 Å². The number of anilines is 1. The molecule has 0 aromatic heterocycles. The summed E-state index contributed by atoms with van der Waals surface area (Å²) in [6.07, 6.45) is 0. The van der Waals surface area contributed by atoms with Crippen molar-refractivity contribution in [1.29, 1.82) is 5.26 Å². The van der Waals surface area contributed by atoms with Crippen LogP contribution in [0.25, 0.3) is 0 Å². The van der Waals surface area contributed by atoms with Crippen molar-refractivity contribution in [2.24, 2.45) is 0 Å². The summed E-state index contributed by atoms with van der Waals surface area (Å²) >= 11 is 6.69. The number of thioether (sulfide) groups is 1. The summed E-state index contributed by atoms with van der Waals surface area (Å²) in [4.78, 5) is 11.8. The van der Waals surface area contributed by atoms with Crippen molar-refractivity contribution in [2.75, 3.05) is 12.8 Å². The first-order valence-electron chi connectivity index (χ1n) is 3.84. The second-order valence-corrected chi connectivity index (χ2v) is 3.73. The molecule has 0 aliphatic carbocycles. The summed E-state index contributed by atoms with van der Waals surface area (Å²) in [5.74, 6) is -0.606. The third-order valence-electron chi connectivity index (χ3n) is 1.68. The van der Waals surface area contributed by atoms with Crippen molar-refractivity contribution < 1.29 is 9.53 Å². The number of hydrogen-bond acceptors (Lipinski definition) is 5. The number of halogens is 1. The fourth-order valence-corrected chi connectivity index (χ4v) is 1.82. The Balaban J connectivity index is 3.36. The van der Waals surface area contributed by atoms with Gasteiger partial charge in [0.25, 0.3) is 0 Å². The van der Waals surface area contributed by atoms with Crippen molar-refractivity contribution in [1.82, 2.24) is 0 Å². The summed E-state index contributed by atoms with van der Waals surface area (Å²) in [7, 11) is 1.24. The number of carbonyl (C=O) groups is 1. The number of benzene rings is 1. The third-order valence-corrected chi connectivity index (χ3v) is 2.74. The van der Waals surface area contributed by atoms with E-state index >= 15 is 0 Å². The number of nitrogens with zero attached hydrogens (tertiary/aromatic N) is 1. The molecule has 0 bridgehead atoms. The van der Waals surface area contributed by atoms with Crippen molar-refractivity contribution in [3.05, 3.63) is 22.7 Å². The predicted molar refractivity (Wildman–Crippen MR) is 58.7 cm³/mol. The number of nitrogen functional groups attached to an aromatic ring is 1. The van der Waals surface area contributed by atoms with Gasteiger partial charge >= 0.3 is 5.97 Å². The monoisotopic (exact) mass is 242 g/mol. The number of nitriles is 1. The summed E-state index contributed by atoms with van der Waals surface area (Å²) < 4.78 is 4.56. The van der Waals surface area contributed by atoms with E-state index in [4.69, 9.17) is 22.6 Å². The van der Waals surface area contributed by atoms with Crippen molar-refractivity contribution in [2.45, 2.75) is 4.90 Å². The molecule has 1 aromatic rings. The van der Waals surface area contributed by atoms with Crippen LogP contribution in [0.15, 0.2) is 17.0 Å². The minimum absolute atomic E-state index is 0.113. The van der Waals surface area contributed by atoms with Crippen LogP contribution in [-0.4, -0.2) is 13.1 Å². The molecule has 0 radical (unpaired) electrons. The van der Waals surface area contributed by atoms with Crippen molar-refractivity contribution in [3.63, 3.8) is 0 Å². The molecule has 0 aliphatic heterocycles. The van der Waals surface area contributed by atoms with E-state index in [2.05, 4.69) is 4.74 Å². The average molecular weight is 243 g/mol. The van der Waals surface area contributed by atoms with Crippen molar-refractivity contribution >= 4 is 35.0 Å². The van der Waals surface area contributed by atoms with Crippen LogP contribution in [0.3, 0.4) is 0 Å². The van der Waals surface area contributed by atoms with Crippen LogP contribution >= 0.6 is 23.4 Å². The Hall–Kier alpha value is -1.38. The molecule has 78 valence electrons. The van der Waals surface area contributed by atoms with Gasteiger partial charge in [0, 0.05) is 4.90 Å². The normalized spacial score (nSPS) is 9.40. The van der Waals surface area contributed by atoms with Gasteiger partial charge < -0.3 is 10.5 Å². The number of carbonyl (C=O) groups excluding carboxylic acids is 1. The number of nitrogens with two attached hydrogens (primary N) is 1. The van der Waals surface area contributed by atoms with Gasteiger partial charge in [-0.05, 0) is 23.9 Å². The van der Waals surface area contributed by atoms with E-state index in [-0.39, 0.29) is 16.3 Å². The zero-order valence-electron chi connectivity index (χ0n) is 7.78. The van der Waals surface area contributed by atoms with Crippen LogP contribution in [0.5, 0.6) is 0 Å². The van der Waals surface area contributed by atoms with Crippen LogP contribution in [-0.2, 0) is 4.74 Å². The molecule has 6 heteroatoms. The van der Waals surface area contributed by atoms with Crippen LogP contribution in [0.1, 0.15) is 10.4 Å². The molecule has 0 saturated carbocycles. The number of thiocyanates is 1. The minimum Gasteiger partial charge on any atom is -0.465 e. The molecule has 4 nitrogen and oxygen atoms in total. The topological polar surface area (TPSA) is 76.1 Å². The Bertz CT molecular complexity index is 442. The molecular formula is C9H7ClN2O2S. The molecule has 0 aliphatic rings. The van der Waals surface area contributed by atoms with Crippen LogP contribution < -0.4 is 5.73 Å². The molecule has 1 aromatic carbocycles. The molecule has 0 fully saturated rings. The van der Waals surface area contributed by atoms with Gasteiger partial charge in [0.15, 0.2) is 0 Å². The maximum absolute atomic E-state index is 11.4. The number of rotatable bonds is 2. The summed E-state index contributed by atoms with van der Waals surface area (Å²) in [5, 5.41) is 10.5. The molecule has 15 heavy (non-hydrogen) atoms. The Morgan fingerprint density at radius 3 is 2.87 bits per heavy atom. The number of methoxy groups -OCH3 is 1. The minimum atomic E-state index is -0.606. The fourth-order valence-electron chi connectivity index (χ4n) is 1.00. The summed E-state index contributed by atoms with van der Waals surface area (Å²) in [6.45, 7) is 0. The lowest BCUT2D eigenvalue weighted by atomic mass is 10.2. The Kier molecular flexibility index (Phi) is 3.83. The van der Waals surface area contributed by atoms with E-state index in [0.717, 1.165) is 11.8 Å². The molecular weight excluding hydrogens is 236 g/mol. The number of esters is 1. The summed E-state index contributed by atoms with van der Waals surface area (Å²) in [5.41, 5.74) is 5.95. The SMILES string of the molecule is COC(=O)c1c(SC#N)ccc(N)c1Cl. The zero-order chi connectivity index (χ0) is 11.4. The Morgan fingerprint density at radius 2 is 2.33 bits per heavy atom. The molecule has 0 saturated heterocycles. The molecule has 0 atom stereocenters. The first-order valence-corrected chi connectivity index (χ1v) is 5.03. The van der Waals surface area contributed by atoms with E-state index in [9.17, 15) is 4.79 Å². The molecule has 0 spiro atoms. The number of hydrogen-bond donors (Lipinski definition) is 1. The van der Waals surface area contributed by atoms with Gasteiger partial charge in [0.2, 0.25) is 0 Å². The van der Waals surface area contributed by atoms with Gasteiger partial charge in [-0.2, -0.15) is 5.26 Å². The molecule has 0 amide bonds. The highest BCUT2D eigenvalue weighted by Gasteiger charge is 2.18. The van der Waals surface area contributed by atoms with E-state index in [0.29, 0.717) is 4.90 Å². The third kappa shape index (κ3) is 2.35. The first-order chi connectivity index (χ1) is 7.11. The maximum Gasteiger partial charge on any atom is 0.340 e. The first kappa shape index (κ1) is 11.7. The lowest BCUT2D eigenvalue weighted by molar-refractivity contribution is 0.0597. The lowest BCUT2D eigenvalue weighted by Crippen LogP contribution is -2.05. The van der Waals surface area contributed by atoms with Gasteiger partial charge in [-0.25, -0.2) is 4.79 Å². The van der Waals surface area contributed by atoms with Gasteiger partial charge in [-0.15, -0.1) is 0 Å². The standard InChI is InChI=1S/C9H7ClN2O2S/c1-14-9(13)7-6(15-4-11)3-2-5(12)8(7)10/h2-3H,12H2,1H3. The summed E-state index contributed by atoms with van der Waals surface area (Å²) in [6, 6.07) is 3.09.